The molecule has 1 fully saturated rings. The Bertz CT molecular complexity index is 818. The van der Waals surface area contributed by atoms with Crippen molar-refractivity contribution < 1.29 is 14.0 Å². The summed E-state index contributed by atoms with van der Waals surface area (Å²) < 4.78 is 6.04. The van der Waals surface area contributed by atoms with Gasteiger partial charge in [-0.15, -0.1) is 0 Å². The standard InChI is InChI=1S/C24H33N3O3/c1-3-20(28)12-8-5-9-13-21(26-23(29)19-14-15-27(2)17-19)24-25-16-22(30-24)18-10-6-4-7-11-18/h4,6-7,10-11,16,19,21H,3,5,8-9,12-15,17H2,1-2H3,(H,26,29)/t19?,21-/m0/s1. The molecular weight excluding hydrogens is 378 g/mol. The molecule has 2 aromatic rings. The Morgan fingerprint density at radius 2 is 2.03 bits per heavy atom. The van der Waals surface area contributed by atoms with Crippen molar-refractivity contribution in [2.24, 2.45) is 5.92 Å². The average molecular weight is 412 g/mol. The molecule has 0 saturated carbocycles. The number of likely N-dealkylation sites (tertiary alicyclic amines) is 1. The molecule has 1 N–H and O–H groups in total. The predicted octanol–water partition coefficient (Wildman–Crippen LogP) is 4.38. The van der Waals surface area contributed by atoms with Gasteiger partial charge in [0.15, 0.2) is 5.76 Å². The third kappa shape index (κ3) is 6.26. The van der Waals surface area contributed by atoms with Gasteiger partial charge in [0, 0.05) is 24.9 Å². The Labute approximate surface area is 179 Å². The van der Waals surface area contributed by atoms with E-state index >= 15 is 0 Å². The number of carbonyl (C=O) groups is 2. The molecule has 162 valence electrons. The fraction of sp³-hybridized carbons (Fsp3) is 0.542. The number of benzene rings is 1. The van der Waals surface area contributed by atoms with Crippen LogP contribution < -0.4 is 5.32 Å². The van der Waals surface area contributed by atoms with Crippen molar-refractivity contribution in [3.63, 3.8) is 0 Å². The number of amides is 1. The van der Waals surface area contributed by atoms with Crippen LogP contribution in [0.2, 0.25) is 0 Å². The topological polar surface area (TPSA) is 75.4 Å². The minimum Gasteiger partial charge on any atom is -0.438 e. The zero-order valence-corrected chi connectivity index (χ0v) is 18.1. The second-order valence-corrected chi connectivity index (χ2v) is 8.23. The van der Waals surface area contributed by atoms with Gasteiger partial charge in [0.05, 0.1) is 12.1 Å². The number of oxazole rings is 1. The van der Waals surface area contributed by atoms with Gasteiger partial charge in [-0.2, -0.15) is 0 Å². The van der Waals surface area contributed by atoms with E-state index in [9.17, 15) is 9.59 Å². The molecule has 1 aromatic heterocycles. The third-order valence-electron chi connectivity index (χ3n) is 5.80. The van der Waals surface area contributed by atoms with Crippen molar-refractivity contribution in [2.75, 3.05) is 20.1 Å². The first-order valence-electron chi connectivity index (χ1n) is 11.1. The molecule has 2 atom stereocenters. The summed E-state index contributed by atoms with van der Waals surface area (Å²) in [5.74, 6) is 1.66. The maximum absolute atomic E-state index is 12.8. The normalized spacial score (nSPS) is 17.7. The van der Waals surface area contributed by atoms with E-state index in [4.69, 9.17) is 4.42 Å². The summed E-state index contributed by atoms with van der Waals surface area (Å²) in [7, 11) is 2.04. The lowest BCUT2D eigenvalue weighted by molar-refractivity contribution is -0.125. The summed E-state index contributed by atoms with van der Waals surface area (Å²) >= 11 is 0. The third-order valence-corrected chi connectivity index (χ3v) is 5.80. The van der Waals surface area contributed by atoms with Gasteiger partial charge in [-0.05, 0) is 32.9 Å². The maximum Gasteiger partial charge on any atom is 0.225 e. The number of aromatic nitrogens is 1. The van der Waals surface area contributed by atoms with Gasteiger partial charge in [-0.1, -0.05) is 50.1 Å². The molecule has 1 unspecified atom stereocenters. The van der Waals surface area contributed by atoms with Crippen LogP contribution in [0.3, 0.4) is 0 Å². The molecule has 2 heterocycles. The molecule has 1 aliphatic heterocycles. The highest BCUT2D eigenvalue weighted by Gasteiger charge is 2.29. The van der Waals surface area contributed by atoms with Gasteiger partial charge >= 0.3 is 0 Å². The van der Waals surface area contributed by atoms with Crippen molar-refractivity contribution in [3.05, 3.63) is 42.4 Å². The Balaban J connectivity index is 1.63. The molecule has 0 spiro atoms. The van der Waals surface area contributed by atoms with Crippen LogP contribution in [0, 0.1) is 5.92 Å². The Morgan fingerprint density at radius 3 is 2.73 bits per heavy atom. The Kier molecular flexibility index (Phi) is 8.20. The molecule has 1 aromatic carbocycles. The quantitative estimate of drug-likeness (QED) is 0.555. The van der Waals surface area contributed by atoms with E-state index < -0.39 is 0 Å². The monoisotopic (exact) mass is 411 g/mol. The summed E-state index contributed by atoms with van der Waals surface area (Å²) in [5.41, 5.74) is 0.969. The summed E-state index contributed by atoms with van der Waals surface area (Å²) in [4.78, 5) is 31.0. The number of carbonyl (C=O) groups excluding carboxylic acids is 2. The largest absolute Gasteiger partial charge is 0.438 e. The van der Waals surface area contributed by atoms with Crippen molar-refractivity contribution >= 4 is 11.7 Å². The van der Waals surface area contributed by atoms with Crippen LogP contribution in [0.5, 0.6) is 0 Å². The van der Waals surface area contributed by atoms with Crippen LogP contribution >= 0.6 is 0 Å². The van der Waals surface area contributed by atoms with Gasteiger partial charge in [0.1, 0.15) is 11.8 Å². The zero-order valence-electron chi connectivity index (χ0n) is 18.1. The highest BCUT2D eigenvalue weighted by atomic mass is 16.4. The lowest BCUT2D eigenvalue weighted by Gasteiger charge is -2.18. The second-order valence-electron chi connectivity index (χ2n) is 8.23. The summed E-state index contributed by atoms with van der Waals surface area (Å²) in [5, 5.41) is 3.18. The highest BCUT2D eigenvalue weighted by Crippen LogP contribution is 2.27. The van der Waals surface area contributed by atoms with E-state index in [1.807, 2.05) is 44.3 Å². The number of unbranched alkanes of at least 4 members (excludes halogenated alkanes) is 2. The summed E-state index contributed by atoms with van der Waals surface area (Å²) in [6.45, 7) is 3.64. The van der Waals surface area contributed by atoms with Crippen LogP contribution in [-0.2, 0) is 9.59 Å². The van der Waals surface area contributed by atoms with E-state index in [2.05, 4.69) is 15.2 Å². The van der Waals surface area contributed by atoms with Crippen molar-refractivity contribution in [2.45, 2.75) is 57.9 Å². The summed E-state index contributed by atoms with van der Waals surface area (Å²) in [6.07, 6.45) is 7.37. The first-order valence-corrected chi connectivity index (χ1v) is 11.1. The first-order chi connectivity index (χ1) is 14.6. The van der Waals surface area contributed by atoms with Crippen molar-refractivity contribution in [1.29, 1.82) is 0 Å². The molecule has 0 radical (unpaired) electrons. The second kappa shape index (κ2) is 11.1. The minimum atomic E-state index is -0.247. The lowest BCUT2D eigenvalue weighted by atomic mass is 10.0. The fourth-order valence-electron chi connectivity index (χ4n) is 3.90. The Morgan fingerprint density at radius 1 is 1.23 bits per heavy atom. The van der Waals surface area contributed by atoms with Crippen molar-refractivity contribution in [1.82, 2.24) is 15.2 Å². The summed E-state index contributed by atoms with van der Waals surface area (Å²) in [6, 6.07) is 9.61. The molecule has 6 heteroatoms. The predicted molar refractivity (Wildman–Crippen MR) is 117 cm³/mol. The number of hydrogen-bond donors (Lipinski definition) is 1. The molecule has 3 rings (SSSR count). The maximum atomic E-state index is 12.8. The van der Waals surface area contributed by atoms with E-state index in [-0.39, 0.29) is 17.9 Å². The molecule has 30 heavy (non-hydrogen) atoms. The smallest absolute Gasteiger partial charge is 0.225 e. The van der Waals surface area contributed by atoms with Crippen LogP contribution in [-0.4, -0.2) is 41.7 Å². The molecule has 6 nitrogen and oxygen atoms in total. The number of Topliss-reactive ketones (excluding diaryl/α,β-unsaturated/α-hetero) is 1. The molecule has 1 amide bonds. The molecular formula is C24H33N3O3. The average Bonchev–Trinajstić information content (AvgIpc) is 3.42. The van der Waals surface area contributed by atoms with Crippen LogP contribution in [0.1, 0.15) is 63.8 Å². The van der Waals surface area contributed by atoms with E-state index in [0.717, 1.165) is 50.8 Å². The number of nitrogens with zero attached hydrogens (tertiary/aromatic N) is 2. The lowest BCUT2D eigenvalue weighted by Crippen LogP contribution is -2.35. The van der Waals surface area contributed by atoms with Crippen LogP contribution in [0.15, 0.2) is 40.9 Å². The fourth-order valence-corrected chi connectivity index (χ4v) is 3.90. The number of rotatable bonds is 11. The molecule has 1 aliphatic rings. The minimum absolute atomic E-state index is 0.0169. The SMILES string of the molecule is CCC(=O)CCCCC[C@H](NC(=O)C1CCN(C)C1)c1ncc(-c2ccccc2)o1. The number of nitrogens with one attached hydrogen (secondary N) is 1. The Hall–Kier alpha value is -2.47. The van der Waals surface area contributed by atoms with Crippen LogP contribution in [0.4, 0.5) is 0 Å². The van der Waals surface area contributed by atoms with Crippen LogP contribution in [0.25, 0.3) is 11.3 Å². The molecule has 1 saturated heterocycles. The number of ketones is 1. The number of hydrogen-bond acceptors (Lipinski definition) is 5. The van der Waals surface area contributed by atoms with Gasteiger partial charge in [-0.25, -0.2) is 4.98 Å². The highest BCUT2D eigenvalue weighted by molar-refractivity contribution is 5.79. The zero-order chi connectivity index (χ0) is 21.3. The molecule has 0 aliphatic carbocycles. The van der Waals surface area contributed by atoms with Gasteiger partial charge < -0.3 is 14.6 Å². The first kappa shape index (κ1) is 22.2. The van der Waals surface area contributed by atoms with E-state index in [0.29, 0.717) is 30.3 Å². The molecule has 0 bridgehead atoms. The van der Waals surface area contributed by atoms with Gasteiger partial charge in [0.25, 0.3) is 0 Å². The van der Waals surface area contributed by atoms with Gasteiger partial charge in [0.2, 0.25) is 11.8 Å². The van der Waals surface area contributed by atoms with Gasteiger partial charge in [-0.3, -0.25) is 9.59 Å². The van der Waals surface area contributed by atoms with E-state index in [1.54, 1.807) is 6.20 Å². The van der Waals surface area contributed by atoms with E-state index in [1.165, 1.54) is 0 Å². The van der Waals surface area contributed by atoms with Crippen molar-refractivity contribution in [3.8, 4) is 11.3 Å².